The quantitative estimate of drug-likeness (QED) is 0.580. The van der Waals surface area contributed by atoms with Crippen molar-refractivity contribution in [1.82, 2.24) is 0 Å². The summed E-state index contributed by atoms with van der Waals surface area (Å²) in [6.45, 7) is 2.54. The number of likely N-dealkylation sites (tertiary alicyclic amines) is 1. The fourth-order valence-electron chi connectivity index (χ4n) is 3.35. The number of nitrogens with two attached hydrogens (primary N) is 1. The van der Waals surface area contributed by atoms with Crippen LogP contribution in [-0.4, -0.2) is 35.7 Å². The molecule has 4 nitrogen and oxygen atoms in total. The van der Waals surface area contributed by atoms with Gasteiger partial charge in [0, 0.05) is 5.56 Å². The molecule has 1 aromatic carbocycles. The van der Waals surface area contributed by atoms with Crippen LogP contribution in [0, 0.1) is 0 Å². The molecule has 3 atom stereocenters. The number of nitrogens with one attached hydrogen (secondary N) is 1. The van der Waals surface area contributed by atoms with E-state index in [1.807, 2.05) is 18.2 Å². The molecule has 4 heteroatoms. The van der Waals surface area contributed by atoms with Crippen molar-refractivity contribution >= 4 is 5.97 Å². The van der Waals surface area contributed by atoms with Crippen LogP contribution in [0.25, 0.3) is 0 Å². The number of aliphatic carboxylic acids is 1. The number of benzene rings is 1. The molecule has 0 saturated carbocycles. The van der Waals surface area contributed by atoms with Crippen molar-refractivity contribution in [2.45, 2.75) is 24.5 Å². The van der Waals surface area contributed by atoms with Crippen LogP contribution in [-0.2, 0) is 11.3 Å². The lowest BCUT2D eigenvalue weighted by Crippen LogP contribution is -3.24. The summed E-state index contributed by atoms with van der Waals surface area (Å²) in [5.74, 6) is -0.625. The number of hydrogen-bond acceptors (Lipinski definition) is 1. The molecule has 0 aromatic heterocycles. The van der Waals surface area contributed by atoms with Gasteiger partial charge in [-0.1, -0.05) is 30.3 Å². The van der Waals surface area contributed by atoms with E-state index in [4.69, 9.17) is 0 Å². The summed E-state index contributed by atoms with van der Waals surface area (Å²) in [6, 6.07) is 10.7. The van der Waals surface area contributed by atoms with E-state index in [1.54, 1.807) is 0 Å². The average Bonchev–Trinajstić information content (AvgIpc) is 2.89. The summed E-state index contributed by atoms with van der Waals surface area (Å²) >= 11 is 0. The molecule has 3 unspecified atom stereocenters. The molecule has 2 heterocycles. The predicted octanol–water partition coefficient (Wildman–Crippen LogP) is -1.76. The SMILES string of the molecule is O=C(O)C12C[NH2+]C(C[NH+]1Cc1ccccc1)C2. The summed E-state index contributed by atoms with van der Waals surface area (Å²) in [6.07, 6.45) is 0.824. The molecule has 4 N–H and O–H groups in total. The lowest BCUT2D eigenvalue weighted by Gasteiger charge is -2.29. The normalized spacial score (nSPS) is 35.1. The Morgan fingerprint density at radius 1 is 1.47 bits per heavy atom. The molecule has 2 aliphatic rings. The number of piperazine rings is 1. The van der Waals surface area contributed by atoms with Gasteiger partial charge in [0.25, 0.3) is 5.54 Å². The van der Waals surface area contributed by atoms with Gasteiger partial charge in [0.15, 0.2) is 0 Å². The van der Waals surface area contributed by atoms with Crippen molar-refractivity contribution in [2.75, 3.05) is 13.1 Å². The van der Waals surface area contributed by atoms with Gasteiger partial charge in [-0.3, -0.25) is 0 Å². The molecule has 17 heavy (non-hydrogen) atoms. The van der Waals surface area contributed by atoms with E-state index in [-0.39, 0.29) is 0 Å². The molecule has 2 bridgehead atoms. The standard InChI is InChI=1S/C13H16N2O2/c16-12(17)13-6-11(14-9-13)8-15(13)7-10-4-2-1-3-5-10/h1-5,11,14H,6-9H2,(H,16,17)/p+2. The molecule has 1 aromatic rings. The zero-order valence-electron chi connectivity index (χ0n) is 9.73. The highest BCUT2D eigenvalue weighted by Gasteiger charge is 2.63. The van der Waals surface area contributed by atoms with Crippen molar-refractivity contribution in [3.63, 3.8) is 0 Å². The zero-order valence-corrected chi connectivity index (χ0v) is 9.73. The Kier molecular flexibility index (Phi) is 2.42. The van der Waals surface area contributed by atoms with Gasteiger partial charge in [-0.2, -0.15) is 0 Å². The van der Waals surface area contributed by atoms with Crippen molar-refractivity contribution in [3.8, 4) is 0 Å². The number of quaternary nitrogens is 2. The summed E-state index contributed by atoms with van der Waals surface area (Å²) in [4.78, 5) is 12.8. The van der Waals surface area contributed by atoms with E-state index in [2.05, 4.69) is 17.4 Å². The van der Waals surface area contributed by atoms with Crippen molar-refractivity contribution < 1.29 is 20.1 Å². The molecule has 0 spiro atoms. The highest BCUT2D eigenvalue weighted by Crippen LogP contribution is 2.17. The van der Waals surface area contributed by atoms with Crippen LogP contribution in [0.4, 0.5) is 0 Å². The minimum atomic E-state index is -0.625. The zero-order chi connectivity index (χ0) is 11.9. The minimum absolute atomic E-state index is 0.504. The van der Waals surface area contributed by atoms with E-state index in [9.17, 15) is 9.90 Å². The molecule has 0 amide bonds. The largest absolute Gasteiger partial charge is 0.476 e. The second kappa shape index (κ2) is 3.82. The lowest BCUT2D eigenvalue weighted by atomic mass is 9.98. The van der Waals surface area contributed by atoms with Crippen LogP contribution in [0.15, 0.2) is 30.3 Å². The van der Waals surface area contributed by atoms with Crippen LogP contribution in [0.2, 0.25) is 0 Å². The monoisotopic (exact) mass is 234 g/mol. The maximum Gasteiger partial charge on any atom is 0.372 e. The number of rotatable bonds is 3. The third kappa shape index (κ3) is 1.64. The molecule has 2 aliphatic heterocycles. The minimum Gasteiger partial charge on any atom is -0.476 e. The fraction of sp³-hybridized carbons (Fsp3) is 0.462. The van der Waals surface area contributed by atoms with Crippen molar-refractivity contribution in [2.24, 2.45) is 0 Å². The summed E-state index contributed by atoms with van der Waals surface area (Å²) in [5, 5.41) is 11.7. The molecule has 3 rings (SSSR count). The Labute approximate surface area is 100 Å². The Bertz CT molecular complexity index is 434. The maximum atomic E-state index is 11.5. The Morgan fingerprint density at radius 3 is 2.88 bits per heavy atom. The molecule has 90 valence electrons. The van der Waals surface area contributed by atoms with E-state index in [1.165, 1.54) is 10.5 Å². The molecule has 2 saturated heterocycles. The first-order valence-corrected chi connectivity index (χ1v) is 6.16. The third-order valence-electron chi connectivity index (χ3n) is 4.27. The smallest absolute Gasteiger partial charge is 0.372 e. The topological polar surface area (TPSA) is 58.3 Å². The second-order valence-electron chi connectivity index (χ2n) is 5.26. The van der Waals surface area contributed by atoms with Gasteiger partial charge in [-0.25, -0.2) is 4.79 Å². The summed E-state index contributed by atoms with van der Waals surface area (Å²) in [5.41, 5.74) is 0.691. The molecule has 0 aliphatic carbocycles. The third-order valence-corrected chi connectivity index (χ3v) is 4.27. The predicted molar refractivity (Wildman–Crippen MR) is 61.5 cm³/mol. The van der Waals surface area contributed by atoms with Gasteiger partial charge in [0.05, 0.1) is 6.42 Å². The summed E-state index contributed by atoms with van der Waals surface area (Å²) < 4.78 is 0. The van der Waals surface area contributed by atoms with Gasteiger partial charge in [0.2, 0.25) is 0 Å². The first kappa shape index (κ1) is 10.7. The van der Waals surface area contributed by atoms with Crippen molar-refractivity contribution in [1.29, 1.82) is 0 Å². The fourth-order valence-corrected chi connectivity index (χ4v) is 3.35. The number of fused-ring (bicyclic) bond motifs is 2. The molecule has 0 radical (unpaired) electrons. The number of carboxylic acids is 1. The number of carboxylic acid groups (broad SMARTS) is 1. The number of carbonyl (C=O) groups is 1. The first-order chi connectivity index (χ1) is 8.21. The van der Waals surface area contributed by atoms with E-state index in [0.717, 1.165) is 26.1 Å². The molecular formula is C13H18N2O2+2. The average molecular weight is 234 g/mol. The van der Waals surface area contributed by atoms with Crippen LogP contribution in [0.3, 0.4) is 0 Å². The van der Waals surface area contributed by atoms with Gasteiger partial charge in [0.1, 0.15) is 25.7 Å². The van der Waals surface area contributed by atoms with Gasteiger partial charge >= 0.3 is 5.97 Å². The van der Waals surface area contributed by atoms with Gasteiger partial charge in [-0.15, -0.1) is 0 Å². The maximum absolute atomic E-state index is 11.5. The Hall–Kier alpha value is -1.39. The molecule has 2 fully saturated rings. The van der Waals surface area contributed by atoms with Gasteiger partial charge < -0.3 is 15.3 Å². The van der Waals surface area contributed by atoms with E-state index < -0.39 is 11.5 Å². The van der Waals surface area contributed by atoms with Crippen LogP contribution < -0.4 is 10.2 Å². The Morgan fingerprint density at radius 2 is 2.24 bits per heavy atom. The van der Waals surface area contributed by atoms with E-state index >= 15 is 0 Å². The van der Waals surface area contributed by atoms with Crippen LogP contribution in [0.1, 0.15) is 12.0 Å². The number of hydrogen-bond donors (Lipinski definition) is 3. The highest BCUT2D eigenvalue weighted by atomic mass is 16.4. The highest BCUT2D eigenvalue weighted by molar-refractivity contribution is 5.77. The van der Waals surface area contributed by atoms with Gasteiger partial charge in [-0.05, 0) is 0 Å². The van der Waals surface area contributed by atoms with E-state index in [0.29, 0.717) is 6.04 Å². The molecular weight excluding hydrogens is 216 g/mol. The van der Waals surface area contributed by atoms with Crippen molar-refractivity contribution in [3.05, 3.63) is 35.9 Å². The first-order valence-electron chi connectivity index (χ1n) is 6.16. The lowest BCUT2D eigenvalue weighted by molar-refractivity contribution is -0.979. The van der Waals surface area contributed by atoms with Crippen LogP contribution >= 0.6 is 0 Å². The van der Waals surface area contributed by atoms with Crippen LogP contribution in [0.5, 0.6) is 0 Å². The Balaban J connectivity index is 1.82. The second-order valence-corrected chi connectivity index (χ2v) is 5.26. The summed E-state index contributed by atoms with van der Waals surface area (Å²) in [7, 11) is 0.